The van der Waals surface area contributed by atoms with Crippen molar-refractivity contribution < 1.29 is 9.90 Å². The van der Waals surface area contributed by atoms with Crippen LogP contribution >= 0.6 is 43.2 Å². The first-order chi connectivity index (χ1) is 7.40. The molecule has 90 valence electrons. The van der Waals surface area contributed by atoms with Crippen LogP contribution in [0, 0.1) is 0 Å². The first kappa shape index (κ1) is 14.2. The molecule has 2 N–H and O–H groups in total. The molecule has 1 rings (SSSR count). The third-order valence-corrected chi connectivity index (χ3v) is 4.31. The van der Waals surface area contributed by atoms with Crippen LogP contribution in [-0.4, -0.2) is 23.2 Å². The molecule has 0 aliphatic carbocycles. The minimum atomic E-state index is -0.409. The van der Waals surface area contributed by atoms with E-state index in [0.29, 0.717) is 12.0 Å². The van der Waals surface area contributed by atoms with Crippen molar-refractivity contribution in [2.45, 2.75) is 32.4 Å². The van der Waals surface area contributed by atoms with E-state index >= 15 is 0 Å². The van der Waals surface area contributed by atoms with Crippen LogP contribution in [0.3, 0.4) is 0 Å². The zero-order valence-electron chi connectivity index (χ0n) is 8.96. The van der Waals surface area contributed by atoms with Crippen LogP contribution in [0.4, 0.5) is 0 Å². The molecule has 0 fully saturated rings. The summed E-state index contributed by atoms with van der Waals surface area (Å²) >= 11 is 8.12. The number of aliphatic hydroxyl groups is 1. The van der Waals surface area contributed by atoms with Crippen molar-refractivity contribution in [3.63, 3.8) is 0 Å². The van der Waals surface area contributed by atoms with Crippen molar-refractivity contribution in [1.82, 2.24) is 5.32 Å². The number of amides is 1. The highest BCUT2D eigenvalue weighted by atomic mass is 79.9. The minimum absolute atomic E-state index is 0.0434. The van der Waals surface area contributed by atoms with Gasteiger partial charge in [-0.1, -0.05) is 0 Å². The first-order valence-corrected chi connectivity index (χ1v) is 7.24. The number of carbonyl (C=O) groups excluding carboxylic acids is 1. The molecule has 0 radical (unpaired) electrons. The molecule has 6 heteroatoms. The van der Waals surface area contributed by atoms with E-state index in [-0.39, 0.29) is 11.9 Å². The third kappa shape index (κ3) is 4.16. The lowest BCUT2D eigenvalue weighted by Gasteiger charge is -2.14. The molecule has 1 amide bonds. The number of carbonyl (C=O) groups is 1. The van der Waals surface area contributed by atoms with Crippen molar-refractivity contribution in [1.29, 1.82) is 0 Å². The van der Waals surface area contributed by atoms with E-state index in [9.17, 15) is 9.90 Å². The summed E-state index contributed by atoms with van der Waals surface area (Å²) in [6, 6.07) is 1.73. The lowest BCUT2D eigenvalue weighted by atomic mass is 10.1. The number of rotatable bonds is 4. The predicted molar refractivity (Wildman–Crippen MR) is 72.9 cm³/mol. The van der Waals surface area contributed by atoms with E-state index in [2.05, 4.69) is 37.2 Å². The van der Waals surface area contributed by atoms with Gasteiger partial charge >= 0.3 is 0 Å². The van der Waals surface area contributed by atoms with Gasteiger partial charge in [0.25, 0.3) is 5.91 Å². The Balaban J connectivity index is 2.62. The summed E-state index contributed by atoms with van der Waals surface area (Å²) in [5.74, 6) is -0.123. The van der Waals surface area contributed by atoms with Crippen molar-refractivity contribution in [2.75, 3.05) is 0 Å². The number of aliphatic hydroxyl groups excluding tert-OH is 1. The maximum atomic E-state index is 11.8. The summed E-state index contributed by atoms with van der Waals surface area (Å²) in [4.78, 5) is 11.8. The van der Waals surface area contributed by atoms with Gasteiger partial charge in [0.15, 0.2) is 0 Å². The molecule has 1 aromatic rings. The third-order valence-electron chi connectivity index (χ3n) is 1.97. The van der Waals surface area contributed by atoms with E-state index in [1.165, 1.54) is 11.3 Å². The summed E-state index contributed by atoms with van der Waals surface area (Å²) in [6.45, 7) is 3.58. The highest BCUT2D eigenvalue weighted by Crippen LogP contribution is 2.31. The second-order valence-corrected chi connectivity index (χ2v) is 7.45. The van der Waals surface area contributed by atoms with Crippen LogP contribution in [-0.2, 0) is 0 Å². The fraction of sp³-hybridized carbons (Fsp3) is 0.500. The second kappa shape index (κ2) is 6.14. The number of nitrogens with one attached hydrogen (secondary N) is 1. The molecule has 16 heavy (non-hydrogen) atoms. The SMILES string of the molecule is CC(O)CC(C)NC(=O)c1cc(Br)sc1Br. The Morgan fingerprint density at radius 3 is 2.62 bits per heavy atom. The minimum Gasteiger partial charge on any atom is -0.393 e. The number of hydrogen-bond acceptors (Lipinski definition) is 3. The van der Waals surface area contributed by atoms with Crippen LogP contribution in [0.15, 0.2) is 13.6 Å². The van der Waals surface area contributed by atoms with Crippen molar-refractivity contribution >= 4 is 49.1 Å². The average molecular weight is 371 g/mol. The molecule has 1 aromatic heterocycles. The van der Waals surface area contributed by atoms with Crippen molar-refractivity contribution in [3.8, 4) is 0 Å². The van der Waals surface area contributed by atoms with E-state index in [0.717, 1.165) is 7.57 Å². The zero-order chi connectivity index (χ0) is 12.3. The zero-order valence-corrected chi connectivity index (χ0v) is 12.9. The summed E-state index contributed by atoms with van der Waals surface area (Å²) < 4.78 is 1.72. The van der Waals surface area contributed by atoms with Gasteiger partial charge in [0.1, 0.15) is 0 Å². The molecule has 0 spiro atoms. The van der Waals surface area contributed by atoms with Gasteiger partial charge in [-0.3, -0.25) is 4.79 Å². The number of thiophene rings is 1. The fourth-order valence-electron chi connectivity index (χ4n) is 1.37. The molecule has 0 aliphatic heterocycles. The fourth-order valence-corrected chi connectivity index (χ4v) is 4.16. The molecule has 0 aliphatic rings. The number of halogens is 2. The van der Waals surface area contributed by atoms with E-state index in [4.69, 9.17) is 0 Å². The topological polar surface area (TPSA) is 49.3 Å². The molecule has 0 aromatic carbocycles. The Kier molecular flexibility index (Phi) is 5.43. The van der Waals surface area contributed by atoms with Gasteiger partial charge in [0, 0.05) is 6.04 Å². The second-order valence-electron chi connectivity index (χ2n) is 3.70. The summed E-state index contributed by atoms with van der Waals surface area (Å²) in [7, 11) is 0. The van der Waals surface area contributed by atoms with Gasteiger partial charge in [-0.25, -0.2) is 0 Å². The monoisotopic (exact) mass is 369 g/mol. The van der Waals surface area contributed by atoms with Gasteiger partial charge < -0.3 is 10.4 Å². The van der Waals surface area contributed by atoms with E-state index in [1.807, 2.05) is 6.92 Å². The smallest absolute Gasteiger partial charge is 0.253 e. The van der Waals surface area contributed by atoms with Crippen LogP contribution in [0.25, 0.3) is 0 Å². The first-order valence-electron chi connectivity index (χ1n) is 4.84. The normalized spacial score (nSPS) is 14.6. The van der Waals surface area contributed by atoms with Crippen LogP contribution < -0.4 is 5.32 Å². The van der Waals surface area contributed by atoms with Gasteiger partial charge in [-0.05, 0) is 58.2 Å². The van der Waals surface area contributed by atoms with Gasteiger partial charge in [-0.15, -0.1) is 11.3 Å². The molecular weight excluding hydrogens is 358 g/mol. The molecule has 1 heterocycles. The number of hydrogen-bond donors (Lipinski definition) is 2. The van der Waals surface area contributed by atoms with Crippen molar-refractivity contribution in [3.05, 3.63) is 19.2 Å². The Morgan fingerprint density at radius 2 is 2.19 bits per heavy atom. The molecule has 3 nitrogen and oxygen atoms in total. The average Bonchev–Trinajstić information content (AvgIpc) is 2.43. The lowest BCUT2D eigenvalue weighted by Crippen LogP contribution is -2.34. The molecule has 0 saturated heterocycles. The van der Waals surface area contributed by atoms with Crippen LogP contribution in [0.2, 0.25) is 0 Å². The largest absolute Gasteiger partial charge is 0.393 e. The van der Waals surface area contributed by atoms with Gasteiger partial charge in [-0.2, -0.15) is 0 Å². The molecule has 2 atom stereocenters. The van der Waals surface area contributed by atoms with Crippen LogP contribution in [0.1, 0.15) is 30.6 Å². The predicted octanol–water partition coefficient (Wildman–Crippen LogP) is 3.16. The maximum Gasteiger partial charge on any atom is 0.253 e. The maximum absolute atomic E-state index is 11.8. The standard InChI is InChI=1S/C10H13Br2NO2S/c1-5(3-6(2)14)13-10(15)7-4-8(11)16-9(7)12/h4-6,14H,3H2,1-2H3,(H,13,15). The van der Waals surface area contributed by atoms with Crippen molar-refractivity contribution in [2.24, 2.45) is 0 Å². The molecular formula is C10H13Br2NO2S. The summed E-state index contributed by atoms with van der Waals surface area (Å²) in [5, 5.41) is 12.0. The van der Waals surface area contributed by atoms with Gasteiger partial charge in [0.05, 0.1) is 19.2 Å². The highest BCUT2D eigenvalue weighted by Gasteiger charge is 2.16. The molecule has 2 unspecified atom stereocenters. The van der Waals surface area contributed by atoms with Crippen LogP contribution in [0.5, 0.6) is 0 Å². The quantitative estimate of drug-likeness (QED) is 0.855. The lowest BCUT2D eigenvalue weighted by molar-refractivity contribution is 0.0923. The van der Waals surface area contributed by atoms with E-state index < -0.39 is 6.10 Å². The van der Waals surface area contributed by atoms with Gasteiger partial charge in [0.2, 0.25) is 0 Å². The molecule has 0 saturated carbocycles. The summed E-state index contributed by atoms with van der Waals surface area (Å²) in [6.07, 6.45) is 0.141. The highest BCUT2D eigenvalue weighted by molar-refractivity contribution is 9.12. The Hall–Kier alpha value is 0.0900. The Bertz CT molecular complexity index is 379. The Labute approximate surface area is 116 Å². The van der Waals surface area contributed by atoms with E-state index in [1.54, 1.807) is 13.0 Å². The summed E-state index contributed by atoms with van der Waals surface area (Å²) in [5.41, 5.74) is 0.620. The Morgan fingerprint density at radius 1 is 1.56 bits per heavy atom. The molecule has 0 bridgehead atoms.